The Labute approximate surface area is 202 Å². The van der Waals surface area contributed by atoms with Crippen LogP contribution in [0.15, 0.2) is 53.9 Å². The van der Waals surface area contributed by atoms with E-state index in [0.29, 0.717) is 18.0 Å². The molecule has 174 valence electrons. The van der Waals surface area contributed by atoms with Gasteiger partial charge >= 0.3 is 0 Å². The van der Waals surface area contributed by atoms with Gasteiger partial charge in [0.2, 0.25) is 5.91 Å². The number of carbonyl (C=O) groups excluding carboxylic acids is 2. The van der Waals surface area contributed by atoms with Crippen molar-refractivity contribution in [2.75, 3.05) is 6.54 Å². The van der Waals surface area contributed by atoms with E-state index in [4.69, 9.17) is 0 Å². The maximum atomic E-state index is 13.6. The van der Waals surface area contributed by atoms with E-state index < -0.39 is 0 Å². The minimum absolute atomic E-state index is 0.0565. The molecule has 3 aromatic rings. The van der Waals surface area contributed by atoms with Crippen molar-refractivity contribution < 1.29 is 14.0 Å². The van der Waals surface area contributed by atoms with Crippen molar-refractivity contribution in [3.8, 4) is 0 Å². The molecule has 2 aromatic heterocycles. The normalized spacial score (nSPS) is 14.2. The van der Waals surface area contributed by atoms with Crippen LogP contribution in [0.2, 0.25) is 0 Å². The van der Waals surface area contributed by atoms with Crippen LogP contribution in [0.3, 0.4) is 0 Å². The molecule has 0 bridgehead atoms. The summed E-state index contributed by atoms with van der Waals surface area (Å²) in [4.78, 5) is 33.5. The summed E-state index contributed by atoms with van der Waals surface area (Å²) in [6.07, 6.45) is 5.22. The second-order valence-corrected chi connectivity index (χ2v) is 10.9. The van der Waals surface area contributed by atoms with Crippen LogP contribution >= 0.6 is 22.7 Å². The molecule has 33 heavy (non-hydrogen) atoms. The van der Waals surface area contributed by atoms with Crippen molar-refractivity contribution in [1.82, 2.24) is 9.80 Å². The average molecular weight is 485 g/mol. The highest BCUT2D eigenvalue weighted by Crippen LogP contribution is 2.26. The van der Waals surface area contributed by atoms with Crippen molar-refractivity contribution in [1.29, 1.82) is 0 Å². The molecular formula is C26H29FN2O2S2. The Morgan fingerprint density at radius 2 is 1.76 bits per heavy atom. The fraction of sp³-hybridized carbons (Fsp3) is 0.385. The summed E-state index contributed by atoms with van der Waals surface area (Å²) in [6.45, 7) is 2.96. The lowest BCUT2D eigenvalue weighted by Crippen LogP contribution is -2.47. The molecule has 1 fully saturated rings. The summed E-state index contributed by atoms with van der Waals surface area (Å²) in [6, 6.07) is 14.2. The minimum atomic E-state index is -0.296. The summed E-state index contributed by atoms with van der Waals surface area (Å²) >= 11 is 3.08. The molecule has 0 radical (unpaired) electrons. The van der Waals surface area contributed by atoms with Gasteiger partial charge in [-0.1, -0.05) is 37.5 Å². The Balaban J connectivity index is 1.56. The zero-order chi connectivity index (χ0) is 23.2. The van der Waals surface area contributed by atoms with Crippen LogP contribution in [0.5, 0.6) is 0 Å². The van der Waals surface area contributed by atoms with Gasteiger partial charge in [-0.05, 0) is 61.0 Å². The van der Waals surface area contributed by atoms with Crippen molar-refractivity contribution in [3.05, 3.63) is 79.9 Å². The van der Waals surface area contributed by atoms with Crippen molar-refractivity contribution in [3.63, 3.8) is 0 Å². The number of nitrogens with zero attached hydrogens (tertiary/aromatic N) is 2. The predicted octanol–water partition coefficient (Wildman–Crippen LogP) is 6.26. The molecule has 0 saturated heterocycles. The maximum absolute atomic E-state index is 13.6. The first kappa shape index (κ1) is 23.6. The molecule has 0 aliphatic heterocycles. The second-order valence-electron chi connectivity index (χ2n) is 8.59. The largest absolute Gasteiger partial charge is 0.332 e. The SMILES string of the molecule is Cc1ccc(CN(Cc2ccc(F)cc2)C(=O)CN(C(=O)c2cccs2)C2CCCCC2)s1. The predicted molar refractivity (Wildman–Crippen MR) is 132 cm³/mol. The first-order valence-electron chi connectivity index (χ1n) is 11.4. The highest BCUT2D eigenvalue weighted by Gasteiger charge is 2.30. The number of aryl methyl sites for hydroxylation is 1. The summed E-state index contributed by atoms with van der Waals surface area (Å²) in [5.74, 6) is -0.435. The number of thiophene rings is 2. The van der Waals surface area contributed by atoms with E-state index in [1.54, 1.807) is 33.3 Å². The quantitative estimate of drug-likeness (QED) is 0.379. The Morgan fingerprint density at radius 1 is 1.00 bits per heavy atom. The molecule has 1 saturated carbocycles. The van der Waals surface area contributed by atoms with E-state index in [1.165, 1.54) is 34.8 Å². The number of carbonyl (C=O) groups is 2. The van der Waals surface area contributed by atoms with Gasteiger partial charge in [0.1, 0.15) is 12.4 Å². The summed E-state index contributed by atoms with van der Waals surface area (Å²) in [7, 11) is 0. The van der Waals surface area contributed by atoms with Crippen LogP contribution in [0, 0.1) is 12.7 Å². The Kier molecular flexibility index (Phi) is 7.93. The number of rotatable bonds is 8. The lowest BCUT2D eigenvalue weighted by molar-refractivity contribution is -0.133. The topological polar surface area (TPSA) is 40.6 Å². The molecular weight excluding hydrogens is 455 g/mol. The van der Waals surface area contributed by atoms with E-state index >= 15 is 0 Å². The van der Waals surface area contributed by atoms with E-state index in [1.807, 2.05) is 30.5 Å². The Hall–Kier alpha value is -2.51. The van der Waals surface area contributed by atoms with Gasteiger partial charge in [-0.15, -0.1) is 22.7 Å². The van der Waals surface area contributed by atoms with Gasteiger partial charge in [0.15, 0.2) is 0 Å². The van der Waals surface area contributed by atoms with Gasteiger partial charge < -0.3 is 9.80 Å². The molecule has 1 aromatic carbocycles. The third-order valence-electron chi connectivity index (χ3n) is 6.10. The van der Waals surface area contributed by atoms with Gasteiger partial charge in [0, 0.05) is 22.3 Å². The zero-order valence-corrected chi connectivity index (χ0v) is 20.5. The Bertz CT molecular complexity index is 1060. The van der Waals surface area contributed by atoms with Gasteiger partial charge in [-0.2, -0.15) is 0 Å². The molecule has 0 N–H and O–H groups in total. The van der Waals surface area contributed by atoms with Crippen LogP contribution < -0.4 is 0 Å². The fourth-order valence-electron chi connectivity index (χ4n) is 4.35. The van der Waals surface area contributed by atoms with E-state index in [0.717, 1.165) is 36.1 Å². The average Bonchev–Trinajstić information content (AvgIpc) is 3.50. The van der Waals surface area contributed by atoms with E-state index in [2.05, 4.69) is 6.07 Å². The number of benzene rings is 1. The smallest absolute Gasteiger partial charge is 0.264 e. The summed E-state index contributed by atoms with van der Waals surface area (Å²) in [5.41, 5.74) is 0.867. The molecule has 7 heteroatoms. The van der Waals surface area contributed by atoms with Crippen molar-refractivity contribution in [2.24, 2.45) is 0 Å². The molecule has 2 heterocycles. The van der Waals surface area contributed by atoms with Crippen LogP contribution in [0.4, 0.5) is 4.39 Å². The molecule has 1 aliphatic carbocycles. The van der Waals surface area contributed by atoms with Crippen LogP contribution in [-0.4, -0.2) is 34.2 Å². The highest BCUT2D eigenvalue weighted by atomic mass is 32.1. The first-order valence-corrected chi connectivity index (χ1v) is 13.1. The molecule has 0 spiro atoms. The molecule has 4 nitrogen and oxygen atoms in total. The van der Waals surface area contributed by atoms with Gasteiger partial charge in [-0.3, -0.25) is 9.59 Å². The third-order valence-corrected chi connectivity index (χ3v) is 7.94. The number of halogens is 1. The third kappa shape index (κ3) is 6.30. The monoisotopic (exact) mass is 484 g/mol. The lowest BCUT2D eigenvalue weighted by atomic mass is 9.94. The molecule has 2 amide bonds. The molecule has 1 aliphatic rings. The first-order chi connectivity index (χ1) is 16.0. The zero-order valence-electron chi connectivity index (χ0n) is 18.8. The summed E-state index contributed by atoms with van der Waals surface area (Å²) in [5, 5.41) is 1.90. The molecule has 4 rings (SSSR count). The van der Waals surface area contributed by atoms with Gasteiger partial charge in [0.25, 0.3) is 5.91 Å². The minimum Gasteiger partial charge on any atom is -0.332 e. The fourth-order valence-corrected chi connectivity index (χ4v) is 5.93. The Morgan fingerprint density at radius 3 is 2.39 bits per heavy atom. The number of hydrogen-bond donors (Lipinski definition) is 0. The molecule has 0 atom stereocenters. The van der Waals surface area contributed by atoms with Crippen LogP contribution in [-0.2, 0) is 17.9 Å². The van der Waals surface area contributed by atoms with E-state index in [-0.39, 0.29) is 30.2 Å². The number of hydrogen-bond acceptors (Lipinski definition) is 4. The second kappa shape index (κ2) is 11.1. The van der Waals surface area contributed by atoms with Crippen LogP contribution in [0.1, 0.15) is 57.1 Å². The molecule has 0 unspecified atom stereocenters. The van der Waals surface area contributed by atoms with Crippen LogP contribution in [0.25, 0.3) is 0 Å². The van der Waals surface area contributed by atoms with Gasteiger partial charge in [-0.25, -0.2) is 4.39 Å². The lowest BCUT2D eigenvalue weighted by Gasteiger charge is -2.35. The van der Waals surface area contributed by atoms with Gasteiger partial charge in [0.05, 0.1) is 11.4 Å². The van der Waals surface area contributed by atoms with Crippen molar-refractivity contribution >= 4 is 34.5 Å². The maximum Gasteiger partial charge on any atom is 0.264 e. The van der Waals surface area contributed by atoms with Crippen molar-refractivity contribution in [2.45, 2.75) is 58.2 Å². The standard InChI is InChI=1S/C26H29FN2O2S2/c1-19-9-14-23(33-19)17-28(16-20-10-12-21(27)13-11-20)25(30)18-29(22-6-3-2-4-7-22)26(31)24-8-5-15-32-24/h5,8-15,22H,2-4,6-7,16-18H2,1H3. The highest BCUT2D eigenvalue weighted by molar-refractivity contribution is 7.12. The summed E-state index contributed by atoms with van der Waals surface area (Å²) < 4.78 is 13.4. The number of amides is 2. The van der Waals surface area contributed by atoms with E-state index in [9.17, 15) is 14.0 Å².